The van der Waals surface area contributed by atoms with E-state index in [9.17, 15) is 9.90 Å². The lowest BCUT2D eigenvalue weighted by Gasteiger charge is -2.36. The van der Waals surface area contributed by atoms with E-state index in [-0.39, 0.29) is 12.5 Å². The quantitative estimate of drug-likeness (QED) is 0.601. The van der Waals surface area contributed by atoms with Crippen molar-refractivity contribution in [3.05, 3.63) is 64.4 Å². The molecule has 1 saturated heterocycles. The second-order valence-electron chi connectivity index (χ2n) is 8.02. The zero-order chi connectivity index (χ0) is 21.8. The number of halogens is 1. The van der Waals surface area contributed by atoms with Gasteiger partial charge in [0.1, 0.15) is 5.82 Å². The fourth-order valence-corrected chi connectivity index (χ4v) is 4.37. The number of fused-ring (bicyclic) bond motifs is 1. The molecule has 162 valence electrons. The fourth-order valence-electron chi connectivity index (χ4n) is 4.19. The number of rotatable bonds is 6. The molecule has 1 fully saturated rings. The van der Waals surface area contributed by atoms with Crippen LogP contribution in [0.2, 0.25) is 5.02 Å². The zero-order valence-electron chi connectivity index (χ0n) is 17.6. The second kappa shape index (κ2) is 9.62. The number of pyridine rings is 2. The largest absolute Gasteiger partial charge is 0.396 e. The van der Waals surface area contributed by atoms with Gasteiger partial charge in [-0.2, -0.15) is 0 Å². The predicted octanol–water partition coefficient (Wildman–Crippen LogP) is 4.26. The SMILES string of the molecule is Cc1nc2ccc(Cl)cc2cc1C(=O)NCc1ccc(N2CCCC[C@@H]2CCO)nc1. The van der Waals surface area contributed by atoms with Crippen LogP contribution in [0.5, 0.6) is 0 Å². The van der Waals surface area contributed by atoms with Crippen LogP contribution in [-0.4, -0.2) is 40.2 Å². The third-order valence-corrected chi connectivity index (χ3v) is 6.09. The number of aryl methyl sites for hydroxylation is 1. The molecule has 1 aromatic carbocycles. The minimum Gasteiger partial charge on any atom is -0.396 e. The molecular formula is C24H27ClN4O2. The minimum atomic E-state index is -0.171. The molecule has 1 atom stereocenters. The van der Waals surface area contributed by atoms with Crippen molar-refractivity contribution in [1.82, 2.24) is 15.3 Å². The van der Waals surface area contributed by atoms with Crippen LogP contribution in [0.4, 0.5) is 5.82 Å². The third-order valence-electron chi connectivity index (χ3n) is 5.86. The van der Waals surface area contributed by atoms with Crippen molar-refractivity contribution in [2.75, 3.05) is 18.1 Å². The molecule has 3 aromatic rings. The van der Waals surface area contributed by atoms with Crippen LogP contribution in [0, 0.1) is 6.92 Å². The Bertz CT molecular complexity index is 1070. The van der Waals surface area contributed by atoms with Gasteiger partial charge in [0.25, 0.3) is 5.91 Å². The average molecular weight is 439 g/mol. The maximum Gasteiger partial charge on any atom is 0.253 e. The van der Waals surface area contributed by atoms with Crippen molar-refractivity contribution in [3.8, 4) is 0 Å². The summed E-state index contributed by atoms with van der Waals surface area (Å²) in [6, 6.07) is 11.6. The number of carbonyl (C=O) groups is 1. The van der Waals surface area contributed by atoms with Gasteiger partial charge in [-0.1, -0.05) is 17.7 Å². The Balaban J connectivity index is 1.43. The molecule has 1 aliphatic rings. The molecule has 0 bridgehead atoms. The molecule has 0 spiro atoms. The maximum atomic E-state index is 12.8. The second-order valence-corrected chi connectivity index (χ2v) is 8.46. The molecule has 0 radical (unpaired) electrons. The molecular weight excluding hydrogens is 412 g/mol. The predicted molar refractivity (Wildman–Crippen MR) is 124 cm³/mol. The van der Waals surface area contributed by atoms with Crippen molar-refractivity contribution in [2.45, 2.75) is 45.2 Å². The first-order valence-corrected chi connectivity index (χ1v) is 11.1. The molecule has 3 heterocycles. The summed E-state index contributed by atoms with van der Waals surface area (Å²) in [5.74, 6) is 0.759. The summed E-state index contributed by atoms with van der Waals surface area (Å²) < 4.78 is 0. The van der Waals surface area contributed by atoms with Gasteiger partial charge in [0.15, 0.2) is 0 Å². The summed E-state index contributed by atoms with van der Waals surface area (Å²) in [4.78, 5) is 24.2. The van der Waals surface area contributed by atoms with Crippen LogP contribution in [0.25, 0.3) is 10.9 Å². The van der Waals surface area contributed by atoms with Gasteiger partial charge in [-0.25, -0.2) is 4.98 Å². The Kier molecular flexibility index (Phi) is 6.68. The molecule has 2 N–H and O–H groups in total. The Morgan fingerprint density at radius 2 is 2.13 bits per heavy atom. The van der Waals surface area contributed by atoms with E-state index in [1.807, 2.05) is 43.5 Å². The molecule has 1 amide bonds. The van der Waals surface area contributed by atoms with E-state index in [0.717, 1.165) is 48.1 Å². The highest BCUT2D eigenvalue weighted by molar-refractivity contribution is 6.31. The van der Waals surface area contributed by atoms with Gasteiger partial charge in [0.05, 0.1) is 16.8 Å². The van der Waals surface area contributed by atoms with Gasteiger partial charge in [-0.3, -0.25) is 9.78 Å². The van der Waals surface area contributed by atoms with E-state index in [1.165, 1.54) is 6.42 Å². The van der Waals surface area contributed by atoms with Gasteiger partial charge < -0.3 is 15.3 Å². The van der Waals surface area contributed by atoms with Crippen LogP contribution < -0.4 is 10.2 Å². The van der Waals surface area contributed by atoms with Crippen molar-refractivity contribution < 1.29 is 9.90 Å². The summed E-state index contributed by atoms with van der Waals surface area (Å²) >= 11 is 6.08. The van der Waals surface area contributed by atoms with Crippen LogP contribution in [0.15, 0.2) is 42.6 Å². The number of piperidine rings is 1. The number of benzene rings is 1. The molecule has 4 rings (SSSR count). The van der Waals surface area contributed by atoms with E-state index in [0.29, 0.717) is 28.9 Å². The van der Waals surface area contributed by atoms with Crippen LogP contribution in [-0.2, 0) is 6.54 Å². The first-order chi connectivity index (χ1) is 15.0. The van der Waals surface area contributed by atoms with E-state index < -0.39 is 0 Å². The Morgan fingerprint density at radius 3 is 2.90 bits per heavy atom. The lowest BCUT2D eigenvalue weighted by Crippen LogP contribution is -2.40. The highest BCUT2D eigenvalue weighted by atomic mass is 35.5. The van der Waals surface area contributed by atoms with Gasteiger partial charge in [-0.15, -0.1) is 0 Å². The number of nitrogens with zero attached hydrogens (tertiary/aromatic N) is 3. The van der Waals surface area contributed by atoms with Crippen LogP contribution in [0.1, 0.15) is 47.3 Å². The summed E-state index contributed by atoms with van der Waals surface area (Å²) in [6.45, 7) is 3.38. The normalized spacial score (nSPS) is 16.5. The summed E-state index contributed by atoms with van der Waals surface area (Å²) in [7, 11) is 0. The summed E-state index contributed by atoms with van der Waals surface area (Å²) in [6.07, 6.45) is 6.01. The number of aromatic nitrogens is 2. The average Bonchev–Trinajstić information content (AvgIpc) is 2.78. The van der Waals surface area contributed by atoms with Crippen LogP contribution in [0.3, 0.4) is 0 Å². The Hall–Kier alpha value is -2.70. The minimum absolute atomic E-state index is 0.171. The summed E-state index contributed by atoms with van der Waals surface area (Å²) in [5, 5.41) is 13.8. The lowest BCUT2D eigenvalue weighted by molar-refractivity contribution is 0.0950. The lowest BCUT2D eigenvalue weighted by atomic mass is 9.99. The van der Waals surface area contributed by atoms with Gasteiger partial charge in [0, 0.05) is 42.3 Å². The third kappa shape index (κ3) is 4.97. The number of anilines is 1. The smallest absolute Gasteiger partial charge is 0.253 e. The number of nitrogens with one attached hydrogen (secondary N) is 1. The van der Waals surface area contributed by atoms with E-state index in [1.54, 1.807) is 6.07 Å². The number of aliphatic hydroxyl groups excluding tert-OH is 1. The maximum absolute atomic E-state index is 12.8. The Labute approximate surface area is 187 Å². The zero-order valence-corrected chi connectivity index (χ0v) is 18.4. The number of hydrogen-bond acceptors (Lipinski definition) is 5. The van der Waals surface area contributed by atoms with Crippen LogP contribution >= 0.6 is 11.6 Å². The topological polar surface area (TPSA) is 78.4 Å². The molecule has 0 unspecified atom stereocenters. The number of aliphatic hydroxyl groups is 1. The molecule has 2 aromatic heterocycles. The summed E-state index contributed by atoms with van der Waals surface area (Å²) in [5.41, 5.74) is 2.97. The molecule has 1 aliphatic heterocycles. The standard InChI is InChI=1S/C24H27ClN4O2/c1-16-21(13-18-12-19(25)6-7-22(18)28-16)24(31)27-15-17-5-8-23(26-14-17)29-10-3-2-4-20(29)9-11-30/h5-8,12-14,20,30H,2-4,9-11,15H2,1H3,(H,27,31)/t20-/m1/s1. The highest BCUT2D eigenvalue weighted by Gasteiger charge is 2.23. The van der Waals surface area contributed by atoms with Crippen molar-refractivity contribution in [1.29, 1.82) is 0 Å². The van der Waals surface area contributed by atoms with E-state index in [2.05, 4.69) is 20.2 Å². The first kappa shape index (κ1) is 21.5. The van der Waals surface area contributed by atoms with Crippen molar-refractivity contribution >= 4 is 34.2 Å². The molecule has 0 aliphatic carbocycles. The van der Waals surface area contributed by atoms with Gasteiger partial charge in [-0.05, 0) is 68.5 Å². The molecule has 7 heteroatoms. The molecule has 6 nitrogen and oxygen atoms in total. The van der Waals surface area contributed by atoms with Crippen molar-refractivity contribution in [3.63, 3.8) is 0 Å². The Morgan fingerprint density at radius 1 is 1.26 bits per heavy atom. The number of carbonyl (C=O) groups excluding carboxylic acids is 1. The monoisotopic (exact) mass is 438 g/mol. The molecule has 31 heavy (non-hydrogen) atoms. The molecule has 0 saturated carbocycles. The first-order valence-electron chi connectivity index (χ1n) is 10.7. The van der Waals surface area contributed by atoms with Gasteiger partial charge in [0.2, 0.25) is 0 Å². The van der Waals surface area contributed by atoms with Crippen molar-refractivity contribution in [2.24, 2.45) is 0 Å². The van der Waals surface area contributed by atoms with Gasteiger partial charge >= 0.3 is 0 Å². The van der Waals surface area contributed by atoms with E-state index in [4.69, 9.17) is 11.6 Å². The van der Waals surface area contributed by atoms with E-state index >= 15 is 0 Å². The number of amides is 1. The number of hydrogen-bond donors (Lipinski definition) is 2. The fraction of sp³-hybridized carbons (Fsp3) is 0.375. The highest BCUT2D eigenvalue weighted by Crippen LogP contribution is 2.25.